The smallest absolute Gasteiger partial charge is 0.309 e. The predicted octanol–water partition coefficient (Wildman–Crippen LogP) is 2.00. The second kappa shape index (κ2) is 4.92. The van der Waals surface area contributed by atoms with Gasteiger partial charge in [-0.15, -0.1) is 0 Å². The second-order valence-corrected chi connectivity index (χ2v) is 9.08. The van der Waals surface area contributed by atoms with Crippen molar-refractivity contribution in [2.24, 2.45) is 11.3 Å². The van der Waals surface area contributed by atoms with Crippen molar-refractivity contribution in [1.82, 2.24) is 4.90 Å². The molecule has 0 radical (unpaired) electrons. The fourth-order valence-corrected chi connectivity index (χ4v) is 7.49. The molecular weight excluding hydrogens is 358 g/mol. The zero-order chi connectivity index (χ0) is 19.5. The van der Waals surface area contributed by atoms with E-state index in [1.165, 1.54) is 11.1 Å². The highest BCUT2D eigenvalue weighted by Crippen LogP contribution is 2.74. The number of aliphatic carboxylic acids is 1. The van der Waals surface area contributed by atoms with Crippen LogP contribution in [0.1, 0.15) is 24.0 Å². The first kappa shape index (κ1) is 16.9. The zero-order valence-electron chi connectivity index (χ0n) is 16.4. The molecule has 2 heterocycles. The Morgan fingerprint density at radius 2 is 2.14 bits per heavy atom. The van der Waals surface area contributed by atoms with Crippen LogP contribution in [0.25, 0.3) is 0 Å². The first-order valence-electron chi connectivity index (χ1n) is 10.0. The van der Waals surface area contributed by atoms with Gasteiger partial charge in [-0.2, -0.15) is 0 Å². The lowest BCUT2D eigenvalue weighted by atomic mass is 9.37. The van der Waals surface area contributed by atoms with Crippen molar-refractivity contribution >= 4 is 5.97 Å². The molecule has 1 saturated heterocycles. The lowest BCUT2D eigenvalue weighted by Crippen LogP contribution is -2.79. The number of methoxy groups -OCH3 is 2. The second-order valence-electron chi connectivity index (χ2n) is 9.08. The molecule has 0 unspecified atom stereocenters. The molecule has 0 aromatic heterocycles. The van der Waals surface area contributed by atoms with Crippen LogP contribution in [-0.4, -0.2) is 61.5 Å². The number of carboxylic acid groups (broad SMARTS) is 1. The van der Waals surface area contributed by atoms with E-state index in [4.69, 9.17) is 14.2 Å². The summed E-state index contributed by atoms with van der Waals surface area (Å²) in [5.74, 6) is 0.0936. The maximum atomic E-state index is 12.4. The lowest BCUT2D eigenvalue weighted by molar-refractivity contribution is -0.219. The van der Waals surface area contributed by atoms with Gasteiger partial charge < -0.3 is 24.2 Å². The van der Waals surface area contributed by atoms with Gasteiger partial charge in [0.15, 0.2) is 11.5 Å². The molecule has 6 atom stereocenters. The average Bonchev–Trinajstić information content (AvgIpc) is 3.07. The van der Waals surface area contributed by atoms with E-state index in [-0.39, 0.29) is 23.0 Å². The highest BCUT2D eigenvalue weighted by molar-refractivity contribution is 5.76. The van der Waals surface area contributed by atoms with Crippen LogP contribution in [0.3, 0.4) is 0 Å². The van der Waals surface area contributed by atoms with Gasteiger partial charge >= 0.3 is 5.97 Å². The van der Waals surface area contributed by atoms with Crippen LogP contribution in [0, 0.1) is 11.3 Å². The Morgan fingerprint density at radius 1 is 1.32 bits per heavy atom. The standard InChI is InChI=1S/C22H25NO5/c1-23-9-8-21-16-12-4-5-14(26-2)17(16)28-19(21)22(27-3)7-6-20(21,15(23)10-12)11-13(22)18(24)25/h4-7,13,15,19H,8-11H2,1-3H3,(H,24,25)/t13-,15+,19+,20+,21-,22+/m0/s1. The predicted molar refractivity (Wildman–Crippen MR) is 101 cm³/mol. The highest BCUT2D eigenvalue weighted by atomic mass is 16.6. The van der Waals surface area contributed by atoms with E-state index < -0.39 is 17.5 Å². The van der Waals surface area contributed by atoms with Gasteiger partial charge in [0, 0.05) is 24.1 Å². The van der Waals surface area contributed by atoms with Crippen LogP contribution in [0.5, 0.6) is 11.5 Å². The fourth-order valence-electron chi connectivity index (χ4n) is 7.49. The van der Waals surface area contributed by atoms with E-state index in [1.807, 2.05) is 12.1 Å². The van der Waals surface area contributed by atoms with Crippen LogP contribution in [0.15, 0.2) is 24.3 Å². The van der Waals surface area contributed by atoms with Crippen molar-refractivity contribution in [3.05, 3.63) is 35.4 Å². The Hall–Kier alpha value is -2.05. The van der Waals surface area contributed by atoms with E-state index in [0.717, 1.165) is 30.9 Å². The highest BCUT2D eigenvalue weighted by Gasteiger charge is 2.79. The Bertz CT molecular complexity index is 943. The number of carboxylic acids is 1. The molecular formula is C22H25NO5. The Labute approximate surface area is 164 Å². The summed E-state index contributed by atoms with van der Waals surface area (Å²) in [7, 11) is 5.45. The molecule has 2 aliphatic heterocycles. The van der Waals surface area contributed by atoms with Crippen molar-refractivity contribution in [2.75, 3.05) is 27.8 Å². The Kier molecular flexibility index (Phi) is 2.96. The van der Waals surface area contributed by atoms with Gasteiger partial charge in [-0.25, -0.2) is 0 Å². The van der Waals surface area contributed by atoms with Crippen molar-refractivity contribution in [2.45, 2.75) is 42.4 Å². The molecule has 28 heavy (non-hydrogen) atoms. The van der Waals surface area contributed by atoms with E-state index in [2.05, 4.69) is 24.1 Å². The van der Waals surface area contributed by atoms with Crippen LogP contribution in [0.2, 0.25) is 0 Å². The summed E-state index contributed by atoms with van der Waals surface area (Å²) in [6.07, 6.45) is 6.35. The third kappa shape index (κ3) is 1.46. The minimum absolute atomic E-state index is 0.257. The molecule has 0 amide bonds. The molecule has 2 fully saturated rings. The monoisotopic (exact) mass is 383 g/mol. The molecule has 6 nitrogen and oxygen atoms in total. The molecule has 4 aliphatic carbocycles. The molecule has 4 bridgehead atoms. The molecule has 6 heteroatoms. The third-order valence-electron chi connectivity index (χ3n) is 8.58. The SMILES string of the molecule is COc1ccc2c3c1O[C@H]1[C@@]4(OC)C=C[C@@]5(C[C@H]4C(=O)O)[C@@H](C2)N(C)CC[C@]315. The van der Waals surface area contributed by atoms with Crippen LogP contribution >= 0.6 is 0 Å². The Balaban J connectivity index is 1.72. The van der Waals surface area contributed by atoms with E-state index in [0.29, 0.717) is 6.42 Å². The summed E-state index contributed by atoms with van der Waals surface area (Å²) >= 11 is 0. The summed E-state index contributed by atoms with van der Waals surface area (Å²) in [5.41, 5.74) is 1.05. The van der Waals surface area contributed by atoms with Crippen molar-refractivity contribution in [3.8, 4) is 11.5 Å². The number of likely N-dealkylation sites (N-methyl/N-ethyl adjacent to an activating group) is 1. The number of ether oxygens (including phenoxy) is 3. The van der Waals surface area contributed by atoms with Crippen LogP contribution in [0.4, 0.5) is 0 Å². The third-order valence-corrected chi connectivity index (χ3v) is 8.58. The normalized spacial score (nSPS) is 44.2. The molecule has 2 spiro atoms. The summed E-state index contributed by atoms with van der Waals surface area (Å²) < 4.78 is 18.3. The first-order valence-corrected chi connectivity index (χ1v) is 10.0. The topological polar surface area (TPSA) is 68.2 Å². The van der Waals surface area contributed by atoms with Crippen molar-refractivity contribution in [1.29, 1.82) is 0 Å². The van der Waals surface area contributed by atoms with Gasteiger partial charge in [0.2, 0.25) is 0 Å². The quantitative estimate of drug-likeness (QED) is 0.806. The zero-order valence-corrected chi connectivity index (χ0v) is 16.4. The van der Waals surface area contributed by atoms with E-state index in [1.54, 1.807) is 14.2 Å². The minimum Gasteiger partial charge on any atom is -0.493 e. The molecule has 148 valence electrons. The number of hydrogen-bond donors (Lipinski definition) is 1. The maximum absolute atomic E-state index is 12.4. The number of likely N-dealkylation sites (tertiary alicyclic amines) is 1. The van der Waals surface area contributed by atoms with Gasteiger partial charge in [-0.05, 0) is 44.5 Å². The van der Waals surface area contributed by atoms with Gasteiger partial charge in [0.05, 0.1) is 18.4 Å². The fraction of sp³-hybridized carbons (Fsp3) is 0.591. The molecule has 1 aromatic carbocycles. The van der Waals surface area contributed by atoms with E-state index in [9.17, 15) is 9.90 Å². The number of fused-ring (bicyclic) bond motifs is 1. The number of piperidine rings is 1. The van der Waals surface area contributed by atoms with Crippen molar-refractivity contribution < 1.29 is 24.1 Å². The van der Waals surface area contributed by atoms with Crippen LogP contribution < -0.4 is 9.47 Å². The van der Waals surface area contributed by atoms with Gasteiger partial charge in [0.25, 0.3) is 0 Å². The van der Waals surface area contributed by atoms with Crippen molar-refractivity contribution in [3.63, 3.8) is 0 Å². The largest absolute Gasteiger partial charge is 0.493 e. The number of hydrogen-bond acceptors (Lipinski definition) is 5. The minimum atomic E-state index is -0.966. The van der Waals surface area contributed by atoms with Gasteiger partial charge in [-0.1, -0.05) is 18.2 Å². The Morgan fingerprint density at radius 3 is 2.86 bits per heavy atom. The van der Waals surface area contributed by atoms with Gasteiger partial charge in [-0.3, -0.25) is 4.79 Å². The number of rotatable bonds is 3. The number of nitrogens with zero attached hydrogens (tertiary/aromatic N) is 1. The molecule has 1 N–H and O–H groups in total. The summed E-state index contributed by atoms with van der Waals surface area (Å²) in [5, 5.41) is 10.1. The van der Waals surface area contributed by atoms with Crippen LogP contribution in [-0.2, 0) is 21.4 Å². The van der Waals surface area contributed by atoms with Gasteiger partial charge in [0.1, 0.15) is 11.7 Å². The number of carbonyl (C=O) groups is 1. The van der Waals surface area contributed by atoms with E-state index >= 15 is 0 Å². The average molecular weight is 383 g/mol. The molecule has 1 saturated carbocycles. The molecule has 6 aliphatic rings. The summed E-state index contributed by atoms with van der Waals surface area (Å²) in [4.78, 5) is 14.8. The maximum Gasteiger partial charge on any atom is 0.309 e. The molecule has 7 rings (SSSR count). The first-order chi connectivity index (χ1) is 13.4. The summed E-state index contributed by atoms with van der Waals surface area (Å²) in [6, 6.07) is 4.41. The summed E-state index contributed by atoms with van der Waals surface area (Å²) in [6.45, 7) is 0.966. The number of benzene rings is 1. The lowest BCUT2D eigenvalue weighted by Gasteiger charge is -2.70. The molecule has 1 aromatic rings.